The minimum atomic E-state index is 0.192. The maximum atomic E-state index is 11.9. The fraction of sp³-hybridized carbons (Fsp3) is 0.923. The summed E-state index contributed by atoms with van der Waals surface area (Å²) in [6.45, 7) is 12.8. The van der Waals surface area contributed by atoms with E-state index in [0.717, 1.165) is 12.8 Å². The predicted molar refractivity (Wildman–Crippen MR) is 62.2 cm³/mol. The normalized spacial score (nSPS) is 12.1. The van der Waals surface area contributed by atoms with Crippen molar-refractivity contribution in [3.63, 3.8) is 0 Å². The van der Waals surface area contributed by atoms with E-state index in [2.05, 4.69) is 27.7 Å². The molecule has 1 nitrogen and oxygen atoms in total. The number of hydrogen-bond acceptors (Lipinski definition) is 1. The lowest BCUT2D eigenvalue weighted by molar-refractivity contribution is -0.126. The van der Waals surface area contributed by atoms with E-state index in [-0.39, 0.29) is 11.8 Å². The van der Waals surface area contributed by atoms with Gasteiger partial charge in [0.15, 0.2) is 0 Å². The van der Waals surface area contributed by atoms with E-state index in [1.165, 1.54) is 0 Å². The number of Topliss-reactive ketones (excluding diaryl/α,β-unsaturated/α-hetero) is 1. The van der Waals surface area contributed by atoms with E-state index in [0.29, 0.717) is 17.6 Å². The summed E-state index contributed by atoms with van der Waals surface area (Å²) in [5, 5.41) is 0. The van der Waals surface area contributed by atoms with Crippen molar-refractivity contribution < 1.29 is 4.79 Å². The van der Waals surface area contributed by atoms with Crippen molar-refractivity contribution in [3.8, 4) is 0 Å². The molecule has 0 spiro atoms. The van der Waals surface area contributed by atoms with Crippen molar-refractivity contribution in [2.75, 3.05) is 0 Å². The van der Waals surface area contributed by atoms with E-state index in [9.17, 15) is 4.79 Å². The molecule has 14 heavy (non-hydrogen) atoms. The van der Waals surface area contributed by atoms with Crippen LogP contribution in [0.15, 0.2) is 0 Å². The first-order valence-electron chi connectivity index (χ1n) is 5.88. The van der Waals surface area contributed by atoms with Gasteiger partial charge < -0.3 is 0 Å². The fourth-order valence-electron chi connectivity index (χ4n) is 1.94. The highest BCUT2D eigenvalue weighted by molar-refractivity contribution is 5.82. The summed E-state index contributed by atoms with van der Waals surface area (Å²) in [6.07, 6.45) is 2.10. The fourth-order valence-corrected chi connectivity index (χ4v) is 1.94. The van der Waals surface area contributed by atoms with Gasteiger partial charge in [0.05, 0.1) is 0 Å². The van der Waals surface area contributed by atoms with E-state index in [1.54, 1.807) is 0 Å². The highest BCUT2D eigenvalue weighted by Crippen LogP contribution is 2.23. The minimum Gasteiger partial charge on any atom is -0.299 e. The van der Waals surface area contributed by atoms with Gasteiger partial charge in [-0.15, -0.1) is 0 Å². The Kier molecular flexibility index (Phi) is 6.06. The first-order valence-corrected chi connectivity index (χ1v) is 5.88. The molecule has 0 unspecified atom stereocenters. The second kappa shape index (κ2) is 6.21. The van der Waals surface area contributed by atoms with Crippen molar-refractivity contribution in [2.24, 2.45) is 23.7 Å². The molecule has 0 aromatic heterocycles. The van der Waals surface area contributed by atoms with Crippen LogP contribution in [0, 0.1) is 23.7 Å². The molecule has 0 aliphatic carbocycles. The molecule has 0 aromatic rings. The zero-order valence-electron chi connectivity index (χ0n) is 10.6. The van der Waals surface area contributed by atoms with Crippen molar-refractivity contribution in [1.29, 1.82) is 0 Å². The van der Waals surface area contributed by atoms with Crippen LogP contribution in [0.4, 0.5) is 0 Å². The first-order chi connectivity index (χ1) is 6.34. The molecule has 0 fully saturated rings. The smallest absolute Gasteiger partial charge is 0.138 e. The minimum absolute atomic E-state index is 0.192. The lowest BCUT2D eigenvalue weighted by Gasteiger charge is -2.21. The summed E-state index contributed by atoms with van der Waals surface area (Å²) >= 11 is 0. The summed E-state index contributed by atoms with van der Waals surface area (Å²) in [7, 11) is 0. The number of carbonyl (C=O) groups excluding carboxylic acids is 1. The van der Waals surface area contributed by atoms with E-state index in [1.807, 2.05) is 13.8 Å². The molecule has 0 saturated carbocycles. The standard InChI is InChI=1S/C13H26O/c1-9(2)7-12(8-10(3)4)13(14)11(5)6/h9-12H,7-8H2,1-6H3. The zero-order valence-corrected chi connectivity index (χ0v) is 10.6. The number of rotatable bonds is 6. The molecule has 1 heteroatoms. The molecule has 0 aliphatic heterocycles. The molecule has 0 radical (unpaired) electrons. The van der Waals surface area contributed by atoms with Gasteiger partial charge in [-0.05, 0) is 24.7 Å². The molecule has 84 valence electrons. The Morgan fingerprint density at radius 2 is 1.21 bits per heavy atom. The van der Waals surface area contributed by atoms with Crippen molar-refractivity contribution in [2.45, 2.75) is 54.4 Å². The third-order valence-electron chi connectivity index (χ3n) is 2.48. The van der Waals surface area contributed by atoms with Gasteiger partial charge in [-0.1, -0.05) is 41.5 Å². The number of carbonyl (C=O) groups is 1. The highest BCUT2D eigenvalue weighted by Gasteiger charge is 2.22. The molecule has 0 amide bonds. The van der Waals surface area contributed by atoms with Crippen molar-refractivity contribution in [3.05, 3.63) is 0 Å². The monoisotopic (exact) mass is 198 g/mol. The third-order valence-corrected chi connectivity index (χ3v) is 2.48. The van der Waals surface area contributed by atoms with Gasteiger partial charge in [0.1, 0.15) is 5.78 Å². The Balaban J connectivity index is 4.31. The Hall–Kier alpha value is -0.330. The maximum absolute atomic E-state index is 11.9. The number of ketones is 1. The van der Waals surface area contributed by atoms with Crippen LogP contribution >= 0.6 is 0 Å². The van der Waals surface area contributed by atoms with Crippen LogP contribution in [-0.2, 0) is 4.79 Å². The summed E-state index contributed by atoms with van der Waals surface area (Å²) in [5.41, 5.74) is 0. The Morgan fingerprint density at radius 3 is 1.43 bits per heavy atom. The highest BCUT2D eigenvalue weighted by atomic mass is 16.1. The third kappa shape index (κ3) is 5.41. The summed E-state index contributed by atoms with van der Waals surface area (Å²) < 4.78 is 0. The Labute approximate surface area is 89.3 Å². The van der Waals surface area contributed by atoms with Crippen LogP contribution in [0.3, 0.4) is 0 Å². The SMILES string of the molecule is CC(C)CC(CC(C)C)C(=O)C(C)C. The number of hydrogen-bond donors (Lipinski definition) is 0. The average Bonchev–Trinajstić information content (AvgIpc) is 1.99. The molecular formula is C13H26O. The van der Waals surface area contributed by atoms with E-state index >= 15 is 0 Å². The Morgan fingerprint density at radius 1 is 0.857 bits per heavy atom. The van der Waals surface area contributed by atoms with E-state index < -0.39 is 0 Å². The zero-order chi connectivity index (χ0) is 11.3. The van der Waals surface area contributed by atoms with Gasteiger partial charge >= 0.3 is 0 Å². The average molecular weight is 198 g/mol. The van der Waals surface area contributed by atoms with Crippen LogP contribution < -0.4 is 0 Å². The molecule has 0 aliphatic rings. The molecule has 0 aromatic carbocycles. The van der Waals surface area contributed by atoms with Crippen molar-refractivity contribution >= 4 is 5.78 Å². The van der Waals surface area contributed by atoms with Crippen LogP contribution in [0.1, 0.15) is 54.4 Å². The van der Waals surface area contributed by atoms with Crippen molar-refractivity contribution in [1.82, 2.24) is 0 Å². The molecule has 0 atom stereocenters. The van der Waals surface area contributed by atoms with Gasteiger partial charge in [-0.2, -0.15) is 0 Å². The predicted octanol–water partition coefficient (Wildman–Crippen LogP) is 3.92. The molecule has 0 saturated heterocycles. The molecule has 0 N–H and O–H groups in total. The topological polar surface area (TPSA) is 17.1 Å². The van der Waals surface area contributed by atoms with Gasteiger partial charge in [-0.3, -0.25) is 4.79 Å². The first kappa shape index (κ1) is 13.7. The maximum Gasteiger partial charge on any atom is 0.138 e. The largest absolute Gasteiger partial charge is 0.299 e. The molecule has 0 rings (SSSR count). The van der Waals surface area contributed by atoms with Gasteiger partial charge in [0.25, 0.3) is 0 Å². The second-order valence-corrected chi connectivity index (χ2v) is 5.51. The molecule has 0 heterocycles. The quantitative estimate of drug-likeness (QED) is 0.632. The van der Waals surface area contributed by atoms with Gasteiger partial charge in [0.2, 0.25) is 0 Å². The van der Waals surface area contributed by atoms with Crippen LogP contribution in [0.5, 0.6) is 0 Å². The van der Waals surface area contributed by atoms with Crippen LogP contribution in [0.25, 0.3) is 0 Å². The van der Waals surface area contributed by atoms with Gasteiger partial charge in [0, 0.05) is 11.8 Å². The van der Waals surface area contributed by atoms with Gasteiger partial charge in [-0.25, -0.2) is 0 Å². The lowest BCUT2D eigenvalue weighted by Crippen LogP contribution is -2.23. The summed E-state index contributed by atoms with van der Waals surface area (Å²) in [6, 6.07) is 0. The Bertz CT molecular complexity index is 158. The van der Waals surface area contributed by atoms with E-state index in [4.69, 9.17) is 0 Å². The van der Waals surface area contributed by atoms with Crippen LogP contribution in [0.2, 0.25) is 0 Å². The second-order valence-electron chi connectivity index (χ2n) is 5.51. The lowest BCUT2D eigenvalue weighted by atomic mass is 9.83. The summed E-state index contributed by atoms with van der Waals surface area (Å²) in [4.78, 5) is 11.9. The van der Waals surface area contributed by atoms with Crippen LogP contribution in [-0.4, -0.2) is 5.78 Å². The molecule has 0 bridgehead atoms. The molecular weight excluding hydrogens is 172 g/mol. The summed E-state index contributed by atoms with van der Waals surface area (Å²) in [5.74, 6) is 2.18.